The average molecular weight is 250 g/mol. The van der Waals surface area contributed by atoms with Gasteiger partial charge in [-0.1, -0.05) is 24.3 Å². The highest BCUT2D eigenvalue weighted by atomic mass is 16.5. The summed E-state index contributed by atoms with van der Waals surface area (Å²) in [5.74, 6) is 1.00. The molecule has 0 atom stereocenters. The second kappa shape index (κ2) is 4.12. The summed E-state index contributed by atoms with van der Waals surface area (Å²) in [7, 11) is 0. The zero-order valence-corrected chi connectivity index (χ0v) is 10.5. The molecule has 0 saturated heterocycles. The molecule has 19 heavy (non-hydrogen) atoms. The Kier molecular flexibility index (Phi) is 2.30. The van der Waals surface area contributed by atoms with E-state index in [1.54, 1.807) is 0 Å². The number of fused-ring (bicyclic) bond motifs is 3. The van der Waals surface area contributed by atoms with E-state index in [0.717, 1.165) is 41.9 Å². The molecule has 3 nitrogen and oxygen atoms in total. The van der Waals surface area contributed by atoms with Gasteiger partial charge >= 0.3 is 0 Å². The van der Waals surface area contributed by atoms with Gasteiger partial charge in [-0.25, -0.2) is 4.98 Å². The fourth-order valence-corrected chi connectivity index (χ4v) is 2.70. The van der Waals surface area contributed by atoms with Crippen molar-refractivity contribution in [3.8, 4) is 11.4 Å². The third-order valence-corrected chi connectivity index (χ3v) is 3.62. The Labute approximate surface area is 111 Å². The number of hydrogen-bond donors (Lipinski definition) is 0. The van der Waals surface area contributed by atoms with Crippen LogP contribution in [0, 0.1) is 0 Å². The van der Waals surface area contributed by atoms with Crippen LogP contribution >= 0.6 is 0 Å². The van der Waals surface area contributed by atoms with Crippen molar-refractivity contribution in [3.05, 3.63) is 54.4 Å². The number of rotatable bonds is 1. The van der Waals surface area contributed by atoms with Gasteiger partial charge in [0.05, 0.1) is 12.1 Å². The zero-order valence-electron chi connectivity index (χ0n) is 10.5. The highest BCUT2D eigenvalue weighted by Crippen LogP contribution is 2.34. The standard InChI is InChI=1S/C16H14N2O/c1-2-6-13(7-3-1)18-11-17-14-9-8-12-5-4-10-19-16(12)15(14)18/h1-3,6-9,11H,4-5,10H2. The second-order valence-corrected chi connectivity index (χ2v) is 4.82. The molecule has 3 aromatic rings. The average Bonchev–Trinajstić information content (AvgIpc) is 2.92. The van der Waals surface area contributed by atoms with Gasteiger partial charge in [-0.15, -0.1) is 0 Å². The van der Waals surface area contributed by atoms with Crippen molar-refractivity contribution in [2.75, 3.05) is 6.61 Å². The van der Waals surface area contributed by atoms with Crippen LogP contribution in [-0.2, 0) is 6.42 Å². The third kappa shape index (κ3) is 1.62. The fourth-order valence-electron chi connectivity index (χ4n) is 2.70. The summed E-state index contributed by atoms with van der Waals surface area (Å²) < 4.78 is 8.01. The first-order valence-corrected chi connectivity index (χ1v) is 6.60. The van der Waals surface area contributed by atoms with E-state index >= 15 is 0 Å². The zero-order chi connectivity index (χ0) is 12.7. The predicted molar refractivity (Wildman–Crippen MR) is 74.9 cm³/mol. The molecule has 0 unspecified atom stereocenters. The minimum absolute atomic E-state index is 0.798. The van der Waals surface area contributed by atoms with Crippen molar-refractivity contribution < 1.29 is 4.74 Å². The molecule has 0 saturated carbocycles. The molecule has 0 amide bonds. The minimum atomic E-state index is 0.798. The smallest absolute Gasteiger partial charge is 0.148 e. The molecule has 0 aliphatic carbocycles. The molecular weight excluding hydrogens is 236 g/mol. The van der Waals surface area contributed by atoms with Crippen LogP contribution in [0.1, 0.15) is 12.0 Å². The van der Waals surface area contributed by atoms with E-state index in [-0.39, 0.29) is 0 Å². The SMILES string of the molecule is c1ccc(-n2cnc3ccc4c(c32)OCCC4)cc1. The molecule has 0 fully saturated rings. The van der Waals surface area contributed by atoms with Gasteiger partial charge in [0.15, 0.2) is 0 Å². The summed E-state index contributed by atoms with van der Waals surface area (Å²) in [6.45, 7) is 0.798. The lowest BCUT2D eigenvalue weighted by atomic mass is 10.1. The number of ether oxygens (including phenoxy) is 1. The van der Waals surface area contributed by atoms with E-state index < -0.39 is 0 Å². The van der Waals surface area contributed by atoms with Crippen molar-refractivity contribution in [2.45, 2.75) is 12.8 Å². The monoisotopic (exact) mass is 250 g/mol. The Morgan fingerprint density at radius 1 is 1.05 bits per heavy atom. The largest absolute Gasteiger partial charge is 0.491 e. The van der Waals surface area contributed by atoms with Crippen LogP contribution in [0.2, 0.25) is 0 Å². The van der Waals surface area contributed by atoms with E-state index in [1.165, 1.54) is 5.56 Å². The molecule has 0 bridgehead atoms. The van der Waals surface area contributed by atoms with Crippen LogP contribution in [0.25, 0.3) is 16.7 Å². The fraction of sp³-hybridized carbons (Fsp3) is 0.188. The molecule has 0 spiro atoms. The molecule has 4 rings (SSSR count). The number of nitrogens with zero attached hydrogens (tertiary/aromatic N) is 2. The first kappa shape index (κ1) is 10.6. The Bertz CT molecular complexity index is 731. The van der Waals surface area contributed by atoms with Crippen molar-refractivity contribution in [3.63, 3.8) is 0 Å². The van der Waals surface area contributed by atoms with Gasteiger partial charge in [0.25, 0.3) is 0 Å². The Balaban J connectivity index is 2.02. The predicted octanol–water partition coefficient (Wildman–Crippen LogP) is 3.35. The molecule has 0 radical (unpaired) electrons. The van der Waals surface area contributed by atoms with Crippen molar-refractivity contribution in [1.82, 2.24) is 9.55 Å². The molecule has 94 valence electrons. The summed E-state index contributed by atoms with van der Waals surface area (Å²) >= 11 is 0. The highest BCUT2D eigenvalue weighted by molar-refractivity contribution is 5.85. The van der Waals surface area contributed by atoms with Crippen LogP contribution < -0.4 is 4.74 Å². The summed E-state index contributed by atoms with van der Waals surface area (Å²) in [6.07, 6.45) is 4.06. The topological polar surface area (TPSA) is 27.1 Å². The summed E-state index contributed by atoms with van der Waals surface area (Å²) in [5.41, 5.74) is 4.48. The molecule has 1 aromatic heterocycles. The number of hydrogen-bond acceptors (Lipinski definition) is 2. The van der Waals surface area contributed by atoms with Gasteiger partial charge in [-0.05, 0) is 36.6 Å². The normalized spacial score (nSPS) is 14.1. The molecule has 2 heterocycles. The Morgan fingerprint density at radius 3 is 2.84 bits per heavy atom. The van der Waals surface area contributed by atoms with Gasteiger partial charge in [0.1, 0.15) is 17.6 Å². The van der Waals surface area contributed by atoms with Crippen molar-refractivity contribution >= 4 is 11.0 Å². The molecule has 2 aromatic carbocycles. The van der Waals surface area contributed by atoms with Gasteiger partial charge in [-0.3, -0.25) is 4.57 Å². The second-order valence-electron chi connectivity index (χ2n) is 4.82. The summed E-state index contributed by atoms with van der Waals surface area (Å²) in [4.78, 5) is 4.49. The lowest BCUT2D eigenvalue weighted by Gasteiger charge is -2.18. The minimum Gasteiger partial charge on any atom is -0.491 e. The summed E-state index contributed by atoms with van der Waals surface area (Å²) in [6, 6.07) is 14.5. The maximum Gasteiger partial charge on any atom is 0.148 e. The first-order chi connectivity index (χ1) is 9.43. The summed E-state index contributed by atoms with van der Waals surface area (Å²) in [5, 5.41) is 0. The van der Waals surface area contributed by atoms with Gasteiger partial charge in [-0.2, -0.15) is 0 Å². The van der Waals surface area contributed by atoms with E-state index in [4.69, 9.17) is 4.74 Å². The van der Waals surface area contributed by atoms with Crippen LogP contribution in [-0.4, -0.2) is 16.2 Å². The van der Waals surface area contributed by atoms with Crippen LogP contribution in [0.4, 0.5) is 0 Å². The lowest BCUT2D eigenvalue weighted by molar-refractivity contribution is 0.291. The van der Waals surface area contributed by atoms with E-state index in [0.29, 0.717) is 0 Å². The highest BCUT2D eigenvalue weighted by Gasteiger charge is 2.17. The molecule has 1 aliphatic heterocycles. The first-order valence-electron chi connectivity index (χ1n) is 6.60. The quantitative estimate of drug-likeness (QED) is 0.662. The van der Waals surface area contributed by atoms with E-state index in [2.05, 4.69) is 33.8 Å². The molecule has 0 N–H and O–H groups in total. The van der Waals surface area contributed by atoms with Crippen LogP contribution in [0.15, 0.2) is 48.8 Å². The molecule has 1 aliphatic rings. The maximum atomic E-state index is 5.90. The van der Waals surface area contributed by atoms with E-state index in [1.807, 2.05) is 24.5 Å². The Hall–Kier alpha value is -2.29. The number of aryl methyl sites for hydroxylation is 1. The van der Waals surface area contributed by atoms with Crippen molar-refractivity contribution in [1.29, 1.82) is 0 Å². The van der Waals surface area contributed by atoms with Crippen molar-refractivity contribution in [2.24, 2.45) is 0 Å². The van der Waals surface area contributed by atoms with Gasteiger partial charge < -0.3 is 4.74 Å². The molecular formula is C16H14N2O. The maximum absolute atomic E-state index is 5.90. The lowest BCUT2D eigenvalue weighted by Crippen LogP contribution is -2.09. The number of imidazole rings is 1. The Morgan fingerprint density at radius 2 is 1.95 bits per heavy atom. The van der Waals surface area contributed by atoms with Gasteiger partial charge in [0, 0.05) is 5.69 Å². The number of para-hydroxylation sites is 1. The van der Waals surface area contributed by atoms with Crippen LogP contribution in [0.3, 0.4) is 0 Å². The van der Waals surface area contributed by atoms with Gasteiger partial charge in [0.2, 0.25) is 0 Å². The molecule has 3 heteroatoms. The number of benzene rings is 2. The van der Waals surface area contributed by atoms with E-state index in [9.17, 15) is 0 Å². The third-order valence-electron chi connectivity index (χ3n) is 3.62. The number of aromatic nitrogens is 2. The van der Waals surface area contributed by atoms with Crippen LogP contribution in [0.5, 0.6) is 5.75 Å².